The van der Waals surface area contributed by atoms with Crippen LogP contribution in [0.4, 0.5) is 0 Å². The van der Waals surface area contributed by atoms with Crippen molar-refractivity contribution < 1.29 is 19.1 Å². The van der Waals surface area contributed by atoms with Crippen molar-refractivity contribution in [1.29, 1.82) is 0 Å². The highest BCUT2D eigenvalue weighted by Gasteiger charge is 2.30. The summed E-state index contributed by atoms with van der Waals surface area (Å²) in [6, 6.07) is 22.2. The number of aryl methyl sites for hydroxylation is 1. The molecular weight excluding hydrogens is 476 g/mol. The minimum absolute atomic E-state index is 0.0486. The molecule has 0 aromatic heterocycles. The van der Waals surface area contributed by atoms with E-state index in [-0.39, 0.29) is 37.6 Å². The predicted octanol–water partition coefficient (Wildman–Crippen LogP) is 5.17. The Labute approximate surface area is 217 Å². The summed E-state index contributed by atoms with van der Waals surface area (Å²) in [5.74, 6) is 1.12. The van der Waals surface area contributed by atoms with Gasteiger partial charge in [0.2, 0.25) is 18.6 Å². The van der Waals surface area contributed by atoms with Gasteiger partial charge in [-0.05, 0) is 61.2 Å². The van der Waals surface area contributed by atoms with Crippen molar-refractivity contribution in [2.45, 2.75) is 51.7 Å². The molecule has 3 aromatic rings. The van der Waals surface area contributed by atoms with E-state index < -0.39 is 6.04 Å². The molecule has 0 saturated heterocycles. The number of halogens is 1. The first-order chi connectivity index (χ1) is 17.4. The zero-order valence-corrected chi connectivity index (χ0v) is 21.3. The van der Waals surface area contributed by atoms with Gasteiger partial charge in [-0.15, -0.1) is 0 Å². The lowest BCUT2D eigenvalue weighted by Crippen LogP contribution is -2.51. The van der Waals surface area contributed by atoms with Gasteiger partial charge in [-0.3, -0.25) is 9.59 Å². The van der Waals surface area contributed by atoms with E-state index in [9.17, 15) is 9.59 Å². The fraction of sp³-hybridized carbons (Fsp3) is 0.310. The Morgan fingerprint density at radius 1 is 0.917 bits per heavy atom. The van der Waals surface area contributed by atoms with Crippen LogP contribution in [0.15, 0.2) is 72.8 Å². The molecule has 2 amide bonds. The summed E-state index contributed by atoms with van der Waals surface area (Å²) in [6.45, 7) is 4.32. The molecule has 3 aromatic carbocycles. The molecule has 36 heavy (non-hydrogen) atoms. The van der Waals surface area contributed by atoms with Crippen LogP contribution in [-0.2, 0) is 29.0 Å². The molecule has 6 nitrogen and oxygen atoms in total. The maximum Gasteiger partial charge on any atom is 0.243 e. The van der Waals surface area contributed by atoms with E-state index in [1.54, 1.807) is 11.0 Å². The van der Waals surface area contributed by atoms with E-state index in [0.29, 0.717) is 29.4 Å². The molecule has 1 N–H and O–H groups in total. The average Bonchev–Trinajstić information content (AvgIpc) is 3.33. The predicted molar refractivity (Wildman–Crippen MR) is 140 cm³/mol. The van der Waals surface area contributed by atoms with E-state index in [1.165, 1.54) is 0 Å². The Kier molecular flexibility index (Phi) is 8.49. The summed E-state index contributed by atoms with van der Waals surface area (Å²) < 4.78 is 10.9. The second-order valence-electron chi connectivity index (χ2n) is 9.21. The SMILES string of the molecule is CC(C)NC(=O)[C@@H](Cc1ccccc1)N(Cc1cccc(Cl)c1)C(=O)CCc1ccc2c(c1)OCO2. The number of carbonyl (C=O) groups excluding carboxylic acids is 2. The van der Waals surface area contributed by atoms with E-state index in [4.69, 9.17) is 21.1 Å². The largest absolute Gasteiger partial charge is 0.454 e. The summed E-state index contributed by atoms with van der Waals surface area (Å²) >= 11 is 6.23. The fourth-order valence-electron chi connectivity index (χ4n) is 4.26. The van der Waals surface area contributed by atoms with Gasteiger partial charge >= 0.3 is 0 Å². The first-order valence-corrected chi connectivity index (χ1v) is 12.5. The second-order valence-corrected chi connectivity index (χ2v) is 9.64. The Morgan fingerprint density at radius 3 is 2.42 bits per heavy atom. The number of hydrogen-bond donors (Lipinski definition) is 1. The van der Waals surface area contributed by atoms with Gasteiger partial charge in [-0.25, -0.2) is 0 Å². The van der Waals surface area contributed by atoms with Crippen LogP contribution < -0.4 is 14.8 Å². The second kappa shape index (κ2) is 12.0. The van der Waals surface area contributed by atoms with Crippen LogP contribution in [0.1, 0.15) is 37.0 Å². The first-order valence-electron chi connectivity index (χ1n) is 12.2. The van der Waals surface area contributed by atoms with Crippen LogP contribution in [0.5, 0.6) is 11.5 Å². The number of hydrogen-bond acceptors (Lipinski definition) is 4. The molecule has 0 spiro atoms. The molecule has 4 rings (SSSR count). The Balaban J connectivity index is 1.59. The minimum Gasteiger partial charge on any atom is -0.454 e. The van der Waals surface area contributed by atoms with Crippen molar-refractivity contribution in [2.24, 2.45) is 0 Å². The summed E-state index contributed by atoms with van der Waals surface area (Å²) in [7, 11) is 0. The van der Waals surface area contributed by atoms with E-state index in [1.807, 2.05) is 80.6 Å². The average molecular weight is 507 g/mol. The maximum absolute atomic E-state index is 13.7. The first kappa shape index (κ1) is 25.6. The van der Waals surface area contributed by atoms with Crippen molar-refractivity contribution in [1.82, 2.24) is 10.2 Å². The lowest BCUT2D eigenvalue weighted by atomic mass is 10.0. The van der Waals surface area contributed by atoms with Crippen LogP contribution in [0.2, 0.25) is 5.02 Å². The number of carbonyl (C=O) groups is 2. The number of amides is 2. The van der Waals surface area contributed by atoms with E-state index >= 15 is 0 Å². The van der Waals surface area contributed by atoms with Crippen LogP contribution in [0, 0.1) is 0 Å². The number of ether oxygens (including phenoxy) is 2. The van der Waals surface area contributed by atoms with Gasteiger partial charge in [0.25, 0.3) is 0 Å². The van der Waals surface area contributed by atoms with E-state index in [0.717, 1.165) is 16.7 Å². The lowest BCUT2D eigenvalue weighted by Gasteiger charge is -2.32. The molecule has 7 heteroatoms. The van der Waals surface area contributed by atoms with Gasteiger partial charge in [0.05, 0.1) is 0 Å². The molecule has 0 aliphatic carbocycles. The molecule has 0 saturated carbocycles. The molecule has 188 valence electrons. The highest BCUT2D eigenvalue weighted by atomic mass is 35.5. The van der Waals surface area contributed by atoms with Gasteiger partial charge in [0, 0.05) is 30.5 Å². The molecule has 0 unspecified atom stereocenters. The summed E-state index contributed by atoms with van der Waals surface area (Å²) in [5, 5.41) is 3.60. The molecular formula is C29H31ClN2O4. The van der Waals surface area contributed by atoms with Crippen molar-refractivity contribution >= 4 is 23.4 Å². The summed E-state index contributed by atoms with van der Waals surface area (Å²) in [5.41, 5.74) is 2.83. The Bertz CT molecular complexity index is 1200. The number of nitrogens with one attached hydrogen (secondary N) is 1. The zero-order valence-electron chi connectivity index (χ0n) is 20.6. The minimum atomic E-state index is -0.668. The standard InChI is InChI=1S/C29H31ClN2O4/c1-20(2)31-29(34)25(16-21-7-4-3-5-8-21)32(18-23-9-6-10-24(30)15-23)28(33)14-12-22-11-13-26-27(17-22)36-19-35-26/h3-11,13,15,17,20,25H,12,14,16,18-19H2,1-2H3,(H,31,34)/t25-/m1/s1. The maximum atomic E-state index is 13.7. The molecule has 0 radical (unpaired) electrons. The number of rotatable bonds is 10. The van der Waals surface area contributed by atoms with Crippen molar-refractivity contribution in [3.63, 3.8) is 0 Å². The van der Waals surface area contributed by atoms with Gasteiger partial charge in [0.1, 0.15) is 6.04 Å². The lowest BCUT2D eigenvalue weighted by molar-refractivity contribution is -0.141. The fourth-order valence-corrected chi connectivity index (χ4v) is 4.47. The molecule has 0 fully saturated rings. The van der Waals surface area contributed by atoms with Crippen LogP contribution >= 0.6 is 11.6 Å². The molecule has 1 aliphatic rings. The van der Waals surface area contributed by atoms with E-state index in [2.05, 4.69) is 5.32 Å². The third kappa shape index (κ3) is 6.79. The van der Waals surface area contributed by atoms with Gasteiger partial charge in [-0.1, -0.05) is 60.1 Å². The van der Waals surface area contributed by atoms with Crippen LogP contribution in [0.25, 0.3) is 0 Å². The van der Waals surface area contributed by atoms with Crippen LogP contribution in [-0.4, -0.2) is 35.6 Å². The number of nitrogens with zero attached hydrogens (tertiary/aromatic N) is 1. The van der Waals surface area contributed by atoms with Gasteiger partial charge < -0.3 is 19.7 Å². The number of benzene rings is 3. The molecule has 1 heterocycles. The molecule has 0 bridgehead atoms. The van der Waals surface area contributed by atoms with Crippen molar-refractivity contribution in [3.8, 4) is 11.5 Å². The Hall–Kier alpha value is -3.51. The topological polar surface area (TPSA) is 67.9 Å². The normalized spacial score (nSPS) is 12.9. The summed E-state index contributed by atoms with van der Waals surface area (Å²) in [6.07, 6.45) is 1.18. The van der Waals surface area contributed by atoms with Crippen molar-refractivity contribution in [2.75, 3.05) is 6.79 Å². The van der Waals surface area contributed by atoms with Crippen LogP contribution in [0.3, 0.4) is 0 Å². The Morgan fingerprint density at radius 2 is 1.67 bits per heavy atom. The number of fused-ring (bicyclic) bond motifs is 1. The highest BCUT2D eigenvalue weighted by molar-refractivity contribution is 6.30. The third-order valence-electron chi connectivity index (χ3n) is 6.01. The quantitative estimate of drug-likeness (QED) is 0.412. The summed E-state index contributed by atoms with van der Waals surface area (Å²) in [4.78, 5) is 28.8. The zero-order chi connectivity index (χ0) is 25.5. The molecule has 1 aliphatic heterocycles. The monoisotopic (exact) mass is 506 g/mol. The van der Waals surface area contributed by atoms with Gasteiger partial charge in [0.15, 0.2) is 11.5 Å². The molecule has 1 atom stereocenters. The van der Waals surface area contributed by atoms with Crippen molar-refractivity contribution in [3.05, 3.63) is 94.5 Å². The smallest absolute Gasteiger partial charge is 0.243 e. The third-order valence-corrected chi connectivity index (χ3v) is 6.24. The van der Waals surface area contributed by atoms with Gasteiger partial charge in [-0.2, -0.15) is 0 Å². The highest BCUT2D eigenvalue weighted by Crippen LogP contribution is 2.33.